The highest BCUT2D eigenvalue weighted by atomic mass is 16.5. The molecule has 1 unspecified atom stereocenters. The van der Waals surface area contributed by atoms with Gasteiger partial charge in [0.25, 0.3) is 5.91 Å². The molecule has 2 heterocycles. The van der Waals surface area contributed by atoms with Crippen LogP contribution >= 0.6 is 0 Å². The zero-order chi connectivity index (χ0) is 24.5. The lowest BCUT2D eigenvalue weighted by Crippen LogP contribution is -2.42. The molecule has 4 aromatic rings. The molecule has 3 aromatic carbocycles. The average molecular weight is 468 g/mol. The third-order valence-electron chi connectivity index (χ3n) is 6.47. The number of carbonyl (C=O) groups is 2. The van der Waals surface area contributed by atoms with Gasteiger partial charge in [-0.1, -0.05) is 60.7 Å². The van der Waals surface area contributed by atoms with Crippen LogP contribution in [-0.4, -0.2) is 29.4 Å². The average Bonchev–Trinajstić information content (AvgIpc) is 2.90. The molecule has 1 aromatic heterocycles. The third-order valence-corrected chi connectivity index (χ3v) is 6.47. The Morgan fingerprint density at radius 3 is 2.43 bits per heavy atom. The number of hydrogen-bond donors (Lipinski definition) is 0. The van der Waals surface area contributed by atoms with Gasteiger partial charge in [-0.3, -0.25) is 9.59 Å². The molecule has 1 aliphatic heterocycles. The molecule has 1 aliphatic rings. The van der Waals surface area contributed by atoms with Crippen molar-refractivity contribution in [3.63, 3.8) is 0 Å². The summed E-state index contributed by atoms with van der Waals surface area (Å²) < 4.78 is 11.7. The fourth-order valence-corrected chi connectivity index (χ4v) is 4.55. The fraction of sp³-hybridized carbons (Fsp3) is 0.207. The van der Waals surface area contributed by atoms with Gasteiger partial charge >= 0.3 is 5.97 Å². The van der Waals surface area contributed by atoms with Gasteiger partial charge < -0.3 is 14.1 Å². The maximum absolute atomic E-state index is 13.1. The molecule has 0 radical (unpaired) electrons. The van der Waals surface area contributed by atoms with Crippen molar-refractivity contribution in [1.82, 2.24) is 4.90 Å². The van der Waals surface area contributed by atoms with E-state index in [1.54, 1.807) is 36.9 Å². The van der Waals surface area contributed by atoms with Crippen LogP contribution in [0.5, 0.6) is 0 Å². The first kappa shape index (κ1) is 22.6. The molecule has 176 valence electrons. The zero-order valence-corrected chi connectivity index (χ0v) is 19.6. The molecule has 0 N–H and O–H groups in total. The Balaban J connectivity index is 1.42. The quantitative estimate of drug-likeness (QED) is 0.399. The third kappa shape index (κ3) is 4.23. The molecule has 0 fully saturated rings. The van der Waals surface area contributed by atoms with Crippen LogP contribution < -0.4 is 5.43 Å². The van der Waals surface area contributed by atoms with Crippen LogP contribution in [0, 0.1) is 6.92 Å². The van der Waals surface area contributed by atoms with Crippen molar-refractivity contribution in [2.75, 3.05) is 6.54 Å². The Labute approximate surface area is 202 Å². The predicted octanol–water partition coefficient (Wildman–Crippen LogP) is 4.90. The largest absolute Gasteiger partial charge is 0.455 e. The van der Waals surface area contributed by atoms with Gasteiger partial charge in [-0.25, -0.2) is 4.79 Å². The second-order valence-electron chi connectivity index (χ2n) is 8.76. The normalized spacial score (nSPS) is 13.8. The zero-order valence-electron chi connectivity index (χ0n) is 19.6. The fourth-order valence-electron chi connectivity index (χ4n) is 4.55. The van der Waals surface area contributed by atoms with Gasteiger partial charge in [0.15, 0.2) is 17.1 Å². The minimum atomic E-state index is -0.978. The van der Waals surface area contributed by atoms with E-state index in [-0.39, 0.29) is 22.5 Å². The highest BCUT2D eigenvalue weighted by Crippen LogP contribution is 2.28. The van der Waals surface area contributed by atoms with E-state index in [9.17, 15) is 14.4 Å². The molecule has 6 nitrogen and oxygen atoms in total. The Kier molecular flexibility index (Phi) is 5.95. The van der Waals surface area contributed by atoms with Crippen molar-refractivity contribution in [2.24, 2.45) is 0 Å². The minimum absolute atomic E-state index is 0.112. The van der Waals surface area contributed by atoms with Crippen LogP contribution in [0.4, 0.5) is 0 Å². The van der Waals surface area contributed by atoms with E-state index >= 15 is 0 Å². The van der Waals surface area contributed by atoms with Crippen LogP contribution in [-0.2, 0) is 22.5 Å². The Morgan fingerprint density at radius 1 is 0.943 bits per heavy atom. The Bertz CT molecular complexity index is 1490. The molecule has 1 amide bonds. The number of amides is 1. The summed E-state index contributed by atoms with van der Waals surface area (Å²) in [6.45, 7) is 4.33. The van der Waals surface area contributed by atoms with Crippen LogP contribution in [0.1, 0.15) is 34.0 Å². The van der Waals surface area contributed by atoms with Crippen molar-refractivity contribution >= 4 is 22.8 Å². The van der Waals surface area contributed by atoms with Crippen molar-refractivity contribution in [2.45, 2.75) is 32.9 Å². The number of fused-ring (bicyclic) bond motifs is 2. The van der Waals surface area contributed by atoms with E-state index in [0.717, 1.165) is 17.5 Å². The summed E-state index contributed by atoms with van der Waals surface area (Å²) >= 11 is 0. The minimum Gasteiger partial charge on any atom is -0.455 e. The first-order chi connectivity index (χ1) is 16.9. The summed E-state index contributed by atoms with van der Waals surface area (Å²) in [5.74, 6) is -0.560. The molecule has 6 heteroatoms. The molecule has 5 rings (SSSR count). The van der Waals surface area contributed by atoms with E-state index in [4.69, 9.17) is 9.15 Å². The number of hydrogen-bond acceptors (Lipinski definition) is 5. The van der Waals surface area contributed by atoms with Crippen molar-refractivity contribution in [3.8, 4) is 11.3 Å². The van der Waals surface area contributed by atoms with Gasteiger partial charge in [0, 0.05) is 24.2 Å². The standard InChI is InChI=1S/C29H25NO5/c1-18-25(31)23-13-8-14-24(27(23)35-26(18)21-10-4-3-5-11-21)29(33)34-19(2)28(32)30-16-15-20-9-6-7-12-22(20)17-30/h3-14,19H,15-17H2,1-2H3. The molecular weight excluding hydrogens is 442 g/mol. The number of esters is 1. The van der Waals surface area contributed by atoms with Crippen molar-refractivity contribution in [1.29, 1.82) is 0 Å². The highest BCUT2D eigenvalue weighted by Gasteiger charge is 2.28. The Hall–Kier alpha value is -4.19. The van der Waals surface area contributed by atoms with Gasteiger partial charge in [0.05, 0.1) is 5.39 Å². The molecule has 0 aliphatic carbocycles. The number of benzene rings is 3. The number of para-hydroxylation sites is 1. The van der Waals surface area contributed by atoms with Gasteiger partial charge in [0.2, 0.25) is 0 Å². The van der Waals surface area contributed by atoms with Crippen LogP contribution in [0.25, 0.3) is 22.3 Å². The molecule has 0 bridgehead atoms. The maximum Gasteiger partial charge on any atom is 0.342 e. The molecule has 0 spiro atoms. The summed E-state index contributed by atoms with van der Waals surface area (Å²) in [6, 6.07) is 22.1. The SMILES string of the molecule is Cc1c(-c2ccccc2)oc2c(C(=O)OC(C)C(=O)N3CCc4ccccc4C3)cccc2c1=O. The monoisotopic (exact) mass is 467 g/mol. The number of rotatable bonds is 4. The Morgan fingerprint density at radius 2 is 1.66 bits per heavy atom. The van der Waals surface area contributed by atoms with Gasteiger partial charge in [-0.15, -0.1) is 0 Å². The smallest absolute Gasteiger partial charge is 0.342 e. The summed E-state index contributed by atoms with van der Waals surface area (Å²) in [6.07, 6.45) is -0.215. The number of ether oxygens (including phenoxy) is 1. The van der Waals surface area contributed by atoms with Gasteiger partial charge in [0.1, 0.15) is 11.3 Å². The van der Waals surface area contributed by atoms with Gasteiger partial charge in [-0.2, -0.15) is 0 Å². The molecule has 0 saturated heterocycles. The summed E-state index contributed by atoms with van der Waals surface area (Å²) in [5.41, 5.74) is 3.58. The van der Waals surface area contributed by atoms with E-state index < -0.39 is 12.1 Å². The first-order valence-electron chi connectivity index (χ1n) is 11.6. The second-order valence-corrected chi connectivity index (χ2v) is 8.76. The lowest BCUT2D eigenvalue weighted by molar-refractivity contribution is -0.140. The molecular formula is C29H25NO5. The highest BCUT2D eigenvalue weighted by molar-refractivity contribution is 6.03. The van der Waals surface area contributed by atoms with Crippen molar-refractivity contribution in [3.05, 3.63) is 105 Å². The summed E-state index contributed by atoms with van der Waals surface area (Å²) in [4.78, 5) is 41.0. The molecule has 1 atom stereocenters. The van der Waals surface area contributed by atoms with E-state index in [2.05, 4.69) is 6.07 Å². The second kappa shape index (κ2) is 9.22. The number of carbonyl (C=O) groups excluding carboxylic acids is 2. The van der Waals surface area contributed by atoms with Crippen molar-refractivity contribution < 1.29 is 18.7 Å². The van der Waals surface area contributed by atoms with E-state index in [0.29, 0.717) is 29.8 Å². The van der Waals surface area contributed by atoms with Gasteiger partial charge in [-0.05, 0) is 43.5 Å². The lowest BCUT2D eigenvalue weighted by atomic mass is 9.99. The van der Waals surface area contributed by atoms with Crippen LogP contribution in [0.15, 0.2) is 82.0 Å². The first-order valence-corrected chi connectivity index (χ1v) is 11.6. The van der Waals surface area contributed by atoms with Crippen LogP contribution in [0.3, 0.4) is 0 Å². The predicted molar refractivity (Wildman–Crippen MR) is 133 cm³/mol. The molecule has 35 heavy (non-hydrogen) atoms. The number of nitrogens with zero attached hydrogens (tertiary/aromatic N) is 1. The molecule has 0 saturated carbocycles. The van der Waals surface area contributed by atoms with E-state index in [1.807, 2.05) is 48.5 Å². The topological polar surface area (TPSA) is 76.8 Å². The maximum atomic E-state index is 13.1. The summed E-state index contributed by atoms with van der Waals surface area (Å²) in [7, 11) is 0. The lowest BCUT2D eigenvalue weighted by Gasteiger charge is -2.30. The summed E-state index contributed by atoms with van der Waals surface area (Å²) in [5, 5.41) is 0.295. The van der Waals surface area contributed by atoms with E-state index in [1.165, 1.54) is 5.56 Å². The van der Waals surface area contributed by atoms with Crippen LogP contribution in [0.2, 0.25) is 0 Å².